The molecule has 0 fully saturated rings. The van der Waals surface area contributed by atoms with Gasteiger partial charge in [0.15, 0.2) is 0 Å². The Morgan fingerprint density at radius 1 is 1.11 bits per heavy atom. The third-order valence-corrected chi connectivity index (χ3v) is 3.02. The molecular weight excluding hydrogens is 251 g/mol. The van der Waals surface area contributed by atoms with E-state index in [9.17, 15) is 4.39 Å². The van der Waals surface area contributed by atoms with Gasteiger partial charge in [0.25, 0.3) is 0 Å². The van der Waals surface area contributed by atoms with Gasteiger partial charge in [0.2, 0.25) is 0 Å². The summed E-state index contributed by atoms with van der Waals surface area (Å²) < 4.78 is 19.1. The number of halogens is 2. The first-order valence-electron chi connectivity index (χ1n) is 5.69. The summed E-state index contributed by atoms with van der Waals surface area (Å²) in [4.78, 5) is 0. The monoisotopic (exact) mass is 264 g/mol. The lowest BCUT2D eigenvalue weighted by Gasteiger charge is -2.11. The van der Waals surface area contributed by atoms with Crippen LogP contribution in [0.5, 0.6) is 11.5 Å². The molecule has 0 saturated carbocycles. The molecule has 0 aliphatic heterocycles. The van der Waals surface area contributed by atoms with Gasteiger partial charge in [-0.1, -0.05) is 23.8 Å². The zero-order valence-corrected chi connectivity index (χ0v) is 11.1. The van der Waals surface area contributed by atoms with Crippen LogP contribution in [0.4, 0.5) is 4.39 Å². The molecule has 0 aromatic heterocycles. The van der Waals surface area contributed by atoms with Gasteiger partial charge in [0, 0.05) is 11.6 Å². The van der Waals surface area contributed by atoms with Crippen LogP contribution in [0.2, 0.25) is 0 Å². The summed E-state index contributed by atoms with van der Waals surface area (Å²) in [5, 5.41) is 0. The molecule has 0 unspecified atom stereocenters. The Hall–Kier alpha value is -1.54. The first-order valence-corrected chi connectivity index (χ1v) is 6.23. The second-order valence-corrected chi connectivity index (χ2v) is 4.53. The molecule has 2 aromatic rings. The van der Waals surface area contributed by atoms with Crippen molar-refractivity contribution in [3.05, 3.63) is 58.9 Å². The molecule has 0 amide bonds. The molecule has 2 aromatic carbocycles. The summed E-state index contributed by atoms with van der Waals surface area (Å²) in [6.07, 6.45) is 0. The molecule has 0 aliphatic rings. The minimum absolute atomic E-state index is 0.271. The van der Waals surface area contributed by atoms with E-state index in [0.29, 0.717) is 22.9 Å². The van der Waals surface area contributed by atoms with Gasteiger partial charge >= 0.3 is 0 Å². The highest BCUT2D eigenvalue weighted by Crippen LogP contribution is 2.28. The van der Waals surface area contributed by atoms with Gasteiger partial charge in [0.05, 0.1) is 5.88 Å². The van der Waals surface area contributed by atoms with E-state index in [0.717, 1.165) is 11.1 Å². The molecule has 0 bridgehead atoms. The highest BCUT2D eigenvalue weighted by molar-refractivity contribution is 6.17. The number of aryl methyl sites for hydroxylation is 2. The summed E-state index contributed by atoms with van der Waals surface area (Å²) in [5.41, 5.74) is 2.62. The molecule has 0 spiro atoms. The van der Waals surface area contributed by atoms with E-state index >= 15 is 0 Å². The van der Waals surface area contributed by atoms with Crippen LogP contribution < -0.4 is 4.74 Å². The fraction of sp³-hybridized carbons (Fsp3) is 0.200. The van der Waals surface area contributed by atoms with E-state index in [1.807, 2.05) is 25.1 Å². The number of hydrogen-bond acceptors (Lipinski definition) is 1. The van der Waals surface area contributed by atoms with Gasteiger partial charge < -0.3 is 4.74 Å². The maximum atomic E-state index is 13.4. The third-order valence-electron chi connectivity index (χ3n) is 2.73. The van der Waals surface area contributed by atoms with Crippen molar-refractivity contribution in [2.45, 2.75) is 19.7 Å². The van der Waals surface area contributed by atoms with Crippen LogP contribution in [0.1, 0.15) is 16.7 Å². The molecular formula is C15H14ClFO. The van der Waals surface area contributed by atoms with Crippen molar-refractivity contribution in [2.24, 2.45) is 0 Å². The van der Waals surface area contributed by atoms with Crippen LogP contribution in [-0.2, 0) is 5.88 Å². The standard InChI is InChI=1S/C15H14ClFO/c1-10-3-6-15(12(7-10)9-16)18-13-5-4-11(2)14(17)8-13/h3-8H,9H2,1-2H3. The molecule has 18 heavy (non-hydrogen) atoms. The lowest BCUT2D eigenvalue weighted by molar-refractivity contribution is 0.472. The normalized spacial score (nSPS) is 10.4. The first-order chi connectivity index (χ1) is 8.60. The topological polar surface area (TPSA) is 9.23 Å². The van der Waals surface area contributed by atoms with Crippen molar-refractivity contribution < 1.29 is 9.13 Å². The second-order valence-electron chi connectivity index (χ2n) is 4.26. The predicted molar refractivity (Wildman–Crippen MR) is 71.9 cm³/mol. The number of rotatable bonds is 3. The summed E-state index contributed by atoms with van der Waals surface area (Å²) in [5.74, 6) is 1.24. The Balaban J connectivity index is 2.30. The van der Waals surface area contributed by atoms with Crippen molar-refractivity contribution in [3.8, 4) is 11.5 Å². The molecule has 0 saturated heterocycles. The lowest BCUT2D eigenvalue weighted by Crippen LogP contribution is -1.92. The molecule has 0 atom stereocenters. The SMILES string of the molecule is Cc1ccc(Oc2ccc(C)c(F)c2)c(CCl)c1. The minimum Gasteiger partial charge on any atom is -0.457 e. The van der Waals surface area contributed by atoms with Gasteiger partial charge in [-0.15, -0.1) is 11.6 Å². The Kier molecular flexibility index (Phi) is 3.87. The zero-order chi connectivity index (χ0) is 13.1. The van der Waals surface area contributed by atoms with E-state index < -0.39 is 0 Å². The Bertz CT molecular complexity index is 566. The zero-order valence-electron chi connectivity index (χ0n) is 10.3. The molecule has 0 radical (unpaired) electrons. The molecule has 0 heterocycles. The van der Waals surface area contributed by atoms with Gasteiger partial charge in [-0.3, -0.25) is 0 Å². The minimum atomic E-state index is -0.271. The number of benzene rings is 2. The van der Waals surface area contributed by atoms with E-state index in [1.54, 1.807) is 19.1 Å². The average molecular weight is 265 g/mol. The fourth-order valence-electron chi connectivity index (χ4n) is 1.68. The lowest BCUT2D eigenvalue weighted by atomic mass is 10.1. The third kappa shape index (κ3) is 2.82. The maximum Gasteiger partial charge on any atom is 0.131 e. The molecule has 94 valence electrons. The van der Waals surface area contributed by atoms with E-state index in [-0.39, 0.29) is 5.82 Å². The molecule has 1 nitrogen and oxygen atoms in total. The number of ether oxygens (including phenoxy) is 1. The largest absolute Gasteiger partial charge is 0.457 e. The van der Waals surface area contributed by atoms with Gasteiger partial charge in [-0.2, -0.15) is 0 Å². The van der Waals surface area contributed by atoms with Gasteiger partial charge in [-0.25, -0.2) is 4.39 Å². The van der Waals surface area contributed by atoms with Crippen molar-refractivity contribution in [1.82, 2.24) is 0 Å². The molecule has 3 heteroatoms. The maximum absolute atomic E-state index is 13.4. The van der Waals surface area contributed by atoms with Crippen molar-refractivity contribution in [2.75, 3.05) is 0 Å². The van der Waals surface area contributed by atoms with Gasteiger partial charge in [-0.05, 0) is 31.5 Å². The quantitative estimate of drug-likeness (QED) is 0.711. The summed E-state index contributed by atoms with van der Waals surface area (Å²) in [7, 11) is 0. The fourth-order valence-corrected chi connectivity index (χ4v) is 1.89. The molecule has 0 aliphatic carbocycles. The van der Waals surface area contributed by atoms with Crippen molar-refractivity contribution in [1.29, 1.82) is 0 Å². The van der Waals surface area contributed by atoms with Crippen LogP contribution in [0, 0.1) is 19.7 Å². The summed E-state index contributed by atoms with van der Waals surface area (Å²) in [6.45, 7) is 3.71. The Morgan fingerprint density at radius 3 is 2.56 bits per heavy atom. The van der Waals surface area contributed by atoms with Crippen LogP contribution in [-0.4, -0.2) is 0 Å². The van der Waals surface area contributed by atoms with Crippen LogP contribution in [0.25, 0.3) is 0 Å². The summed E-state index contributed by atoms with van der Waals surface area (Å²) in [6, 6.07) is 10.6. The smallest absolute Gasteiger partial charge is 0.131 e. The average Bonchev–Trinajstić information content (AvgIpc) is 2.36. The van der Waals surface area contributed by atoms with Crippen molar-refractivity contribution >= 4 is 11.6 Å². The summed E-state index contributed by atoms with van der Waals surface area (Å²) >= 11 is 5.87. The van der Waals surface area contributed by atoms with Crippen molar-refractivity contribution in [3.63, 3.8) is 0 Å². The number of hydrogen-bond donors (Lipinski definition) is 0. The van der Waals surface area contributed by atoms with Crippen LogP contribution in [0.15, 0.2) is 36.4 Å². The van der Waals surface area contributed by atoms with Crippen LogP contribution >= 0.6 is 11.6 Å². The van der Waals surface area contributed by atoms with E-state index in [1.165, 1.54) is 6.07 Å². The highest BCUT2D eigenvalue weighted by atomic mass is 35.5. The number of alkyl halides is 1. The van der Waals surface area contributed by atoms with Crippen LogP contribution in [0.3, 0.4) is 0 Å². The Morgan fingerprint density at radius 2 is 1.89 bits per heavy atom. The molecule has 2 rings (SSSR count). The van der Waals surface area contributed by atoms with E-state index in [4.69, 9.17) is 16.3 Å². The Labute approximate surface area is 111 Å². The first kappa shape index (κ1) is 12.9. The highest BCUT2D eigenvalue weighted by Gasteiger charge is 2.06. The van der Waals surface area contributed by atoms with E-state index in [2.05, 4.69) is 0 Å². The second kappa shape index (κ2) is 5.40. The van der Waals surface area contributed by atoms with Gasteiger partial charge in [0.1, 0.15) is 17.3 Å². The molecule has 0 N–H and O–H groups in total. The predicted octanol–water partition coefficient (Wildman–Crippen LogP) is 4.97.